The molecule has 0 aromatic carbocycles. The molecule has 0 bridgehead atoms. The molecular formula is C29H50O6. The van der Waals surface area contributed by atoms with E-state index in [0.29, 0.717) is 19.3 Å². The monoisotopic (exact) mass is 494 g/mol. The van der Waals surface area contributed by atoms with Crippen LogP contribution in [-0.2, 0) is 23.9 Å². The molecule has 0 spiro atoms. The first-order valence-corrected chi connectivity index (χ1v) is 13.8. The summed E-state index contributed by atoms with van der Waals surface area (Å²) in [6.45, 7) is 3.86. The number of rotatable bonds is 24. The van der Waals surface area contributed by atoms with Gasteiger partial charge in [0.2, 0.25) is 0 Å². The Kier molecular flexibility index (Phi) is 23.8. The number of aliphatic hydroxyl groups excluding tert-OH is 1. The van der Waals surface area contributed by atoms with E-state index in [1.165, 1.54) is 25.7 Å². The first kappa shape index (κ1) is 33.0. The highest BCUT2D eigenvalue weighted by molar-refractivity contribution is 5.89. The average Bonchev–Trinajstić information content (AvgIpc) is 2.85. The molecule has 0 saturated heterocycles. The van der Waals surface area contributed by atoms with Gasteiger partial charge in [-0.05, 0) is 38.2 Å². The van der Waals surface area contributed by atoms with Crippen molar-refractivity contribution in [2.75, 3.05) is 13.2 Å². The molecule has 35 heavy (non-hydrogen) atoms. The summed E-state index contributed by atoms with van der Waals surface area (Å²) >= 11 is 0. The summed E-state index contributed by atoms with van der Waals surface area (Å²) in [5.74, 6) is -0.550. The third-order valence-corrected chi connectivity index (χ3v) is 5.72. The molecule has 0 heterocycles. The van der Waals surface area contributed by atoms with Crippen LogP contribution in [0.25, 0.3) is 0 Å². The molecule has 0 aromatic heterocycles. The zero-order chi connectivity index (χ0) is 26.0. The normalized spacial score (nSPS) is 12.3. The molecule has 0 saturated carbocycles. The van der Waals surface area contributed by atoms with Gasteiger partial charge in [-0.3, -0.25) is 14.4 Å². The van der Waals surface area contributed by atoms with Crippen LogP contribution in [0.1, 0.15) is 123 Å². The highest BCUT2D eigenvalue weighted by Gasteiger charge is 2.16. The van der Waals surface area contributed by atoms with Crippen molar-refractivity contribution in [3.63, 3.8) is 0 Å². The van der Waals surface area contributed by atoms with E-state index in [0.717, 1.165) is 57.8 Å². The smallest absolute Gasteiger partial charge is 0.306 e. The molecule has 6 nitrogen and oxygen atoms in total. The van der Waals surface area contributed by atoms with Crippen molar-refractivity contribution < 1.29 is 29.0 Å². The van der Waals surface area contributed by atoms with E-state index in [2.05, 4.69) is 19.9 Å². The molecule has 0 rings (SSSR count). The van der Waals surface area contributed by atoms with Crippen molar-refractivity contribution in [1.82, 2.24) is 0 Å². The zero-order valence-electron chi connectivity index (χ0n) is 22.3. The lowest BCUT2D eigenvalue weighted by Crippen LogP contribution is -2.28. The Morgan fingerprint density at radius 2 is 1.29 bits per heavy atom. The van der Waals surface area contributed by atoms with Crippen molar-refractivity contribution in [3.05, 3.63) is 24.3 Å². The largest absolute Gasteiger partial charge is 0.462 e. The van der Waals surface area contributed by atoms with Crippen LogP contribution in [0.2, 0.25) is 0 Å². The Hall–Kier alpha value is -1.95. The van der Waals surface area contributed by atoms with Gasteiger partial charge >= 0.3 is 11.9 Å². The predicted octanol–water partition coefficient (Wildman–Crippen LogP) is 6.79. The highest BCUT2D eigenvalue weighted by atomic mass is 16.6. The van der Waals surface area contributed by atoms with E-state index in [1.54, 1.807) is 6.08 Å². The Morgan fingerprint density at radius 3 is 1.94 bits per heavy atom. The first-order valence-electron chi connectivity index (χ1n) is 13.8. The quantitative estimate of drug-likeness (QED) is 0.0688. The van der Waals surface area contributed by atoms with Gasteiger partial charge in [-0.25, -0.2) is 0 Å². The van der Waals surface area contributed by atoms with Gasteiger partial charge in [0.05, 0.1) is 6.61 Å². The van der Waals surface area contributed by atoms with Crippen LogP contribution >= 0.6 is 0 Å². The maximum absolute atomic E-state index is 12.0. The fourth-order valence-corrected chi connectivity index (χ4v) is 3.53. The number of aliphatic hydroxyl groups is 1. The van der Waals surface area contributed by atoms with Crippen LogP contribution in [0.4, 0.5) is 0 Å². The van der Waals surface area contributed by atoms with Gasteiger partial charge in [-0.2, -0.15) is 0 Å². The fourth-order valence-electron chi connectivity index (χ4n) is 3.53. The Morgan fingerprint density at radius 1 is 0.714 bits per heavy atom. The number of carbonyl (C=O) groups excluding carboxylic acids is 3. The van der Waals surface area contributed by atoms with Gasteiger partial charge in [-0.15, -0.1) is 0 Å². The van der Waals surface area contributed by atoms with Crippen LogP contribution < -0.4 is 0 Å². The topological polar surface area (TPSA) is 89.9 Å². The number of hydrogen-bond acceptors (Lipinski definition) is 6. The lowest BCUT2D eigenvalue weighted by molar-refractivity contribution is -0.161. The van der Waals surface area contributed by atoms with Crippen molar-refractivity contribution in [2.45, 2.75) is 129 Å². The second kappa shape index (κ2) is 25.2. The Bertz CT molecular complexity index is 596. The average molecular weight is 495 g/mol. The van der Waals surface area contributed by atoms with Crippen molar-refractivity contribution in [1.29, 1.82) is 0 Å². The molecule has 1 N–H and O–H groups in total. The molecule has 0 unspecified atom stereocenters. The molecule has 0 aliphatic rings. The number of hydrogen-bond donors (Lipinski definition) is 1. The second-order valence-electron chi connectivity index (χ2n) is 9.16. The number of esters is 2. The minimum absolute atomic E-state index is 0.104. The van der Waals surface area contributed by atoms with Gasteiger partial charge in [-0.1, -0.05) is 89.9 Å². The van der Waals surface area contributed by atoms with E-state index in [4.69, 9.17) is 9.47 Å². The maximum atomic E-state index is 12.0. The van der Waals surface area contributed by atoms with Crippen LogP contribution in [0.3, 0.4) is 0 Å². The number of unbranched alkanes of at least 4 members (excludes halogenated alkanes) is 11. The van der Waals surface area contributed by atoms with E-state index >= 15 is 0 Å². The minimum atomic E-state index is -0.809. The fraction of sp³-hybridized carbons (Fsp3) is 0.759. The Balaban J connectivity index is 3.74. The lowest BCUT2D eigenvalue weighted by atomic mass is 10.1. The van der Waals surface area contributed by atoms with Gasteiger partial charge in [0.1, 0.15) is 6.61 Å². The van der Waals surface area contributed by atoms with Crippen molar-refractivity contribution >= 4 is 17.7 Å². The van der Waals surface area contributed by atoms with Crippen LogP contribution in [0.15, 0.2) is 24.3 Å². The van der Waals surface area contributed by atoms with Crippen LogP contribution in [-0.4, -0.2) is 42.1 Å². The molecule has 0 radical (unpaired) electrons. The zero-order valence-corrected chi connectivity index (χ0v) is 22.3. The molecule has 1 atom stereocenters. The molecule has 6 heteroatoms. The third kappa shape index (κ3) is 23.6. The van der Waals surface area contributed by atoms with Crippen LogP contribution in [0, 0.1) is 0 Å². The molecule has 202 valence electrons. The van der Waals surface area contributed by atoms with Crippen molar-refractivity contribution in [2.24, 2.45) is 0 Å². The minimum Gasteiger partial charge on any atom is -0.462 e. The second-order valence-corrected chi connectivity index (χ2v) is 9.16. The van der Waals surface area contributed by atoms with E-state index in [9.17, 15) is 19.5 Å². The lowest BCUT2D eigenvalue weighted by Gasteiger charge is -2.15. The summed E-state index contributed by atoms with van der Waals surface area (Å²) in [6, 6.07) is 0. The molecule has 0 fully saturated rings. The predicted molar refractivity (Wildman–Crippen MR) is 141 cm³/mol. The maximum Gasteiger partial charge on any atom is 0.306 e. The standard InChI is InChI=1S/C29H50O6/c1-3-5-7-9-10-13-16-20-26(31)21-17-14-11-15-19-23-29(33)35-27(24-30)25-34-28(32)22-18-12-8-6-4-2/h10,13,16,20,27,30H,3-9,11-12,14-15,17-19,21-25H2,1-2H3/b13-10-,20-16+/t27-/m0/s1. The molecular weight excluding hydrogens is 444 g/mol. The summed E-state index contributed by atoms with van der Waals surface area (Å²) in [5, 5.41) is 9.38. The number of ketones is 1. The van der Waals surface area contributed by atoms with Gasteiger partial charge in [0, 0.05) is 19.3 Å². The Labute approximate surface area is 213 Å². The van der Waals surface area contributed by atoms with Gasteiger partial charge in [0.15, 0.2) is 11.9 Å². The number of ether oxygens (including phenoxy) is 2. The third-order valence-electron chi connectivity index (χ3n) is 5.72. The summed E-state index contributed by atoms with van der Waals surface area (Å²) in [5.41, 5.74) is 0. The number of carbonyl (C=O) groups is 3. The summed E-state index contributed by atoms with van der Waals surface area (Å²) in [6.07, 6.45) is 22.2. The molecule has 0 aromatic rings. The summed E-state index contributed by atoms with van der Waals surface area (Å²) in [7, 11) is 0. The van der Waals surface area contributed by atoms with E-state index < -0.39 is 6.10 Å². The summed E-state index contributed by atoms with van der Waals surface area (Å²) < 4.78 is 10.3. The molecule has 0 amide bonds. The van der Waals surface area contributed by atoms with Gasteiger partial charge < -0.3 is 14.6 Å². The number of allylic oxidation sites excluding steroid dienone is 4. The SMILES string of the molecule is CCCCC/C=C\C=C\C(=O)CCCCCCCC(=O)O[C@@H](CO)COC(=O)CCCCCCC. The summed E-state index contributed by atoms with van der Waals surface area (Å²) in [4.78, 5) is 35.6. The highest BCUT2D eigenvalue weighted by Crippen LogP contribution is 2.10. The van der Waals surface area contributed by atoms with Crippen molar-refractivity contribution in [3.8, 4) is 0 Å². The van der Waals surface area contributed by atoms with E-state index in [1.807, 2.05) is 12.2 Å². The van der Waals surface area contributed by atoms with E-state index in [-0.39, 0.29) is 37.4 Å². The molecule has 0 aliphatic heterocycles. The van der Waals surface area contributed by atoms with Crippen LogP contribution in [0.5, 0.6) is 0 Å². The first-order chi connectivity index (χ1) is 17.0. The van der Waals surface area contributed by atoms with Gasteiger partial charge in [0.25, 0.3) is 0 Å². The molecule has 0 aliphatic carbocycles.